The number of hydrogen-bond donors (Lipinski definition) is 1. The molecule has 0 aliphatic carbocycles. The fourth-order valence-corrected chi connectivity index (χ4v) is 1.70. The quantitative estimate of drug-likeness (QED) is 0.707. The highest BCUT2D eigenvalue weighted by atomic mass is 16.5. The molecule has 1 aliphatic heterocycles. The highest BCUT2D eigenvalue weighted by Crippen LogP contribution is 2.17. The number of nitrogens with one attached hydrogen (secondary N) is 1. The molecule has 1 N–H and O–H groups in total. The lowest BCUT2D eigenvalue weighted by Gasteiger charge is -2.23. The molecule has 1 unspecified atom stereocenters. The smallest absolute Gasteiger partial charge is 0.0876 e. The van der Waals surface area contributed by atoms with Gasteiger partial charge in [0.15, 0.2) is 0 Å². The van der Waals surface area contributed by atoms with Crippen molar-refractivity contribution >= 4 is 0 Å². The van der Waals surface area contributed by atoms with Gasteiger partial charge >= 0.3 is 0 Å². The second-order valence-electron chi connectivity index (χ2n) is 3.58. The van der Waals surface area contributed by atoms with Gasteiger partial charge in [0.05, 0.1) is 12.9 Å². The molecule has 2 heteroatoms. The maximum absolute atomic E-state index is 5.34. The van der Waals surface area contributed by atoms with Crippen LogP contribution in [0.15, 0.2) is 11.8 Å². The Kier molecular flexibility index (Phi) is 4.91. The molecule has 1 aliphatic rings. The molecule has 0 aromatic heterocycles. The van der Waals surface area contributed by atoms with Gasteiger partial charge in [0, 0.05) is 6.04 Å². The predicted molar refractivity (Wildman–Crippen MR) is 55.6 cm³/mol. The average molecular weight is 183 g/mol. The summed E-state index contributed by atoms with van der Waals surface area (Å²) in [5.74, 6) is 0. The minimum Gasteiger partial charge on any atom is -0.501 e. The molecule has 0 fully saturated rings. The summed E-state index contributed by atoms with van der Waals surface area (Å²) in [7, 11) is 0. The van der Waals surface area contributed by atoms with Crippen LogP contribution in [0.3, 0.4) is 0 Å². The standard InChI is InChI=1S/C11H21NO/c1-3-7-12-11(4-2)10-6-5-8-13-9-10/h9,11-12H,3-8H2,1-2H3. The average Bonchev–Trinajstić information content (AvgIpc) is 2.21. The second kappa shape index (κ2) is 6.03. The van der Waals surface area contributed by atoms with Crippen molar-refractivity contribution in [2.45, 2.75) is 45.6 Å². The molecule has 0 saturated heterocycles. The summed E-state index contributed by atoms with van der Waals surface area (Å²) in [4.78, 5) is 0. The Hall–Kier alpha value is -0.500. The van der Waals surface area contributed by atoms with Gasteiger partial charge in [0.1, 0.15) is 0 Å². The normalized spacial score (nSPS) is 19.1. The van der Waals surface area contributed by atoms with Crippen LogP contribution >= 0.6 is 0 Å². The van der Waals surface area contributed by atoms with Crippen LogP contribution in [-0.4, -0.2) is 19.2 Å². The molecule has 13 heavy (non-hydrogen) atoms. The van der Waals surface area contributed by atoms with Crippen molar-refractivity contribution in [1.82, 2.24) is 5.32 Å². The highest BCUT2D eigenvalue weighted by molar-refractivity contribution is 5.09. The molecule has 0 amide bonds. The lowest BCUT2D eigenvalue weighted by Crippen LogP contribution is -2.32. The number of rotatable bonds is 5. The lowest BCUT2D eigenvalue weighted by atomic mass is 10.00. The summed E-state index contributed by atoms with van der Waals surface area (Å²) in [6.45, 7) is 6.43. The van der Waals surface area contributed by atoms with Crippen molar-refractivity contribution in [1.29, 1.82) is 0 Å². The van der Waals surface area contributed by atoms with Crippen LogP contribution in [0.4, 0.5) is 0 Å². The summed E-state index contributed by atoms with van der Waals surface area (Å²) < 4.78 is 5.34. The summed E-state index contributed by atoms with van der Waals surface area (Å²) in [5, 5.41) is 3.54. The molecular weight excluding hydrogens is 162 g/mol. The molecular formula is C11H21NO. The minimum atomic E-state index is 0.542. The second-order valence-corrected chi connectivity index (χ2v) is 3.58. The summed E-state index contributed by atoms with van der Waals surface area (Å²) >= 11 is 0. The van der Waals surface area contributed by atoms with Gasteiger partial charge in [-0.15, -0.1) is 0 Å². The fraction of sp³-hybridized carbons (Fsp3) is 0.818. The topological polar surface area (TPSA) is 21.3 Å². The Morgan fingerprint density at radius 2 is 2.38 bits per heavy atom. The van der Waals surface area contributed by atoms with Gasteiger partial charge in [0.2, 0.25) is 0 Å². The molecule has 2 nitrogen and oxygen atoms in total. The van der Waals surface area contributed by atoms with Crippen LogP contribution in [0.2, 0.25) is 0 Å². The van der Waals surface area contributed by atoms with Gasteiger partial charge in [-0.1, -0.05) is 13.8 Å². The molecule has 0 spiro atoms. The summed E-state index contributed by atoms with van der Waals surface area (Å²) in [6, 6.07) is 0.542. The van der Waals surface area contributed by atoms with E-state index in [1.165, 1.54) is 24.8 Å². The largest absolute Gasteiger partial charge is 0.501 e. The fourth-order valence-electron chi connectivity index (χ4n) is 1.70. The first-order valence-electron chi connectivity index (χ1n) is 5.42. The number of hydrogen-bond acceptors (Lipinski definition) is 2. The van der Waals surface area contributed by atoms with Gasteiger partial charge in [0.25, 0.3) is 0 Å². The monoisotopic (exact) mass is 183 g/mol. The first kappa shape index (κ1) is 10.6. The van der Waals surface area contributed by atoms with Crippen LogP contribution < -0.4 is 5.32 Å². The molecule has 1 atom stereocenters. The Morgan fingerprint density at radius 3 is 2.92 bits per heavy atom. The molecule has 0 aromatic carbocycles. The first-order chi connectivity index (χ1) is 6.38. The molecule has 1 rings (SSSR count). The van der Waals surface area contributed by atoms with Gasteiger partial charge < -0.3 is 10.1 Å². The van der Waals surface area contributed by atoms with Crippen molar-refractivity contribution in [2.75, 3.05) is 13.2 Å². The van der Waals surface area contributed by atoms with E-state index in [1.807, 2.05) is 6.26 Å². The zero-order chi connectivity index (χ0) is 9.52. The van der Waals surface area contributed by atoms with E-state index in [0.717, 1.165) is 19.6 Å². The van der Waals surface area contributed by atoms with Crippen molar-refractivity contribution in [2.24, 2.45) is 0 Å². The van der Waals surface area contributed by atoms with Crippen LogP contribution in [0.5, 0.6) is 0 Å². The van der Waals surface area contributed by atoms with Crippen LogP contribution in [0.1, 0.15) is 39.5 Å². The van der Waals surface area contributed by atoms with Crippen molar-refractivity contribution in [3.05, 3.63) is 11.8 Å². The van der Waals surface area contributed by atoms with E-state index in [9.17, 15) is 0 Å². The third-order valence-corrected chi connectivity index (χ3v) is 2.46. The minimum absolute atomic E-state index is 0.542. The molecule has 0 saturated carbocycles. The van der Waals surface area contributed by atoms with Gasteiger partial charge in [-0.25, -0.2) is 0 Å². The van der Waals surface area contributed by atoms with Crippen molar-refractivity contribution < 1.29 is 4.74 Å². The van der Waals surface area contributed by atoms with E-state index < -0.39 is 0 Å². The molecule has 0 radical (unpaired) electrons. The highest BCUT2D eigenvalue weighted by Gasteiger charge is 2.13. The molecule has 76 valence electrons. The van der Waals surface area contributed by atoms with Gasteiger partial charge in [-0.2, -0.15) is 0 Å². The van der Waals surface area contributed by atoms with Crippen LogP contribution in [0.25, 0.3) is 0 Å². The van der Waals surface area contributed by atoms with E-state index in [2.05, 4.69) is 19.2 Å². The Morgan fingerprint density at radius 1 is 1.54 bits per heavy atom. The maximum Gasteiger partial charge on any atom is 0.0876 e. The number of ether oxygens (including phenoxy) is 1. The van der Waals surface area contributed by atoms with E-state index >= 15 is 0 Å². The van der Waals surface area contributed by atoms with Crippen LogP contribution in [-0.2, 0) is 4.74 Å². The van der Waals surface area contributed by atoms with E-state index in [-0.39, 0.29) is 0 Å². The Labute approximate surface area is 81.4 Å². The van der Waals surface area contributed by atoms with Crippen molar-refractivity contribution in [3.8, 4) is 0 Å². The lowest BCUT2D eigenvalue weighted by molar-refractivity contribution is 0.219. The molecule has 0 bridgehead atoms. The SMILES string of the molecule is CCCNC(CC)C1=COCCC1. The van der Waals surface area contributed by atoms with E-state index in [1.54, 1.807) is 0 Å². The Balaban J connectivity index is 2.39. The predicted octanol–water partition coefficient (Wildman–Crippen LogP) is 2.46. The summed E-state index contributed by atoms with van der Waals surface area (Å²) in [6.07, 6.45) is 6.70. The Bertz CT molecular complexity index is 165. The summed E-state index contributed by atoms with van der Waals surface area (Å²) in [5.41, 5.74) is 1.45. The van der Waals surface area contributed by atoms with Crippen LogP contribution in [0, 0.1) is 0 Å². The third kappa shape index (κ3) is 3.39. The maximum atomic E-state index is 5.34. The third-order valence-electron chi connectivity index (χ3n) is 2.46. The zero-order valence-electron chi connectivity index (χ0n) is 8.81. The zero-order valence-corrected chi connectivity index (χ0v) is 8.81. The van der Waals surface area contributed by atoms with Gasteiger partial charge in [-0.05, 0) is 37.8 Å². The molecule has 0 aromatic rings. The van der Waals surface area contributed by atoms with Gasteiger partial charge in [-0.3, -0.25) is 0 Å². The van der Waals surface area contributed by atoms with E-state index in [4.69, 9.17) is 4.74 Å². The first-order valence-corrected chi connectivity index (χ1v) is 5.42. The van der Waals surface area contributed by atoms with E-state index in [0.29, 0.717) is 6.04 Å². The van der Waals surface area contributed by atoms with Crippen molar-refractivity contribution in [3.63, 3.8) is 0 Å². The molecule has 1 heterocycles.